The Labute approximate surface area is 106 Å². The molecular weight excluding hydrogens is 230 g/mol. The molecule has 18 heavy (non-hydrogen) atoms. The lowest BCUT2D eigenvalue weighted by molar-refractivity contribution is 0.415. The molecule has 0 aliphatic carbocycles. The van der Waals surface area contributed by atoms with Crippen molar-refractivity contribution in [2.75, 3.05) is 25.5 Å². The number of hydrogen-bond acceptors (Lipinski definition) is 5. The van der Waals surface area contributed by atoms with Crippen LogP contribution in [0.4, 0.5) is 6.01 Å². The first-order chi connectivity index (χ1) is 8.85. The van der Waals surface area contributed by atoms with Gasteiger partial charge < -0.3 is 19.8 Å². The van der Waals surface area contributed by atoms with Crippen molar-refractivity contribution in [1.82, 2.24) is 10.3 Å². The first-order valence-electron chi connectivity index (χ1n) is 6.27. The van der Waals surface area contributed by atoms with Crippen molar-refractivity contribution in [3.8, 4) is 5.75 Å². The summed E-state index contributed by atoms with van der Waals surface area (Å²) in [7, 11) is 1.65. The quantitative estimate of drug-likeness (QED) is 0.868. The van der Waals surface area contributed by atoms with Crippen molar-refractivity contribution in [2.24, 2.45) is 0 Å². The molecule has 2 N–H and O–H groups in total. The number of hydrogen-bond donors (Lipinski definition) is 2. The molecule has 2 aromatic rings. The molecule has 0 radical (unpaired) electrons. The van der Waals surface area contributed by atoms with E-state index >= 15 is 0 Å². The number of methoxy groups -OCH3 is 1. The summed E-state index contributed by atoms with van der Waals surface area (Å²) < 4.78 is 10.8. The minimum absolute atomic E-state index is 0.446. The second kappa shape index (κ2) is 4.86. The predicted molar refractivity (Wildman–Crippen MR) is 70.1 cm³/mol. The van der Waals surface area contributed by atoms with E-state index in [-0.39, 0.29) is 0 Å². The number of ether oxygens (including phenoxy) is 1. The summed E-state index contributed by atoms with van der Waals surface area (Å²) in [5, 5.41) is 6.68. The molecule has 1 aliphatic rings. The molecule has 0 spiro atoms. The maximum atomic E-state index is 5.67. The van der Waals surface area contributed by atoms with Crippen LogP contribution in [0.3, 0.4) is 0 Å². The van der Waals surface area contributed by atoms with Crippen molar-refractivity contribution in [3.63, 3.8) is 0 Å². The molecule has 3 rings (SSSR count). The number of anilines is 1. The number of rotatable bonds is 3. The molecule has 0 atom stereocenters. The third-order valence-electron chi connectivity index (χ3n) is 3.26. The summed E-state index contributed by atoms with van der Waals surface area (Å²) in [6.45, 7) is 2.09. The number of nitrogens with one attached hydrogen (secondary N) is 2. The topological polar surface area (TPSA) is 59.3 Å². The fourth-order valence-corrected chi connectivity index (χ4v) is 2.24. The van der Waals surface area contributed by atoms with E-state index in [1.165, 1.54) is 0 Å². The molecule has 1 aromatic heterocycles. The third kappa shape index (κ3) is 2.26. The number of fused-ring (bicyclic) bond motifs is 1. The van der Waals surface area contributed by atoms with Gasteiger partial charge in [-0.15, -0.1) is 0 Å². The fourth-order valence-electron chi connectivity index (χ4n) is 2.24. The largest absolute Gasteiger partial charge is 0.497 e. The van der Waals surface area contributed by atoms with Crippen LogP contribution in [0.5, 0.6) is 5.75 Å². The SMILES string of the molecule is COc1ccc2oc(NC3CCNCC3)nc2c1. The lowest BCUT2D eigenvalue weighted by atomic mass is 10.1. The Morgan fingerprint density at radius 3 is 3.00 bits per heavy atom. The van der Waals surface area contributed by atoms with Gasteiger partial charge in [0, 0.05) is 12.1 Å². The first-order valence-corrected chi connectivity index (χ1v) is 6.27. The molecule has 0 bridgehead atoms. The minimum atomic E-state index is 0.446. The van der Waals surface area contributed by atoms with E-state index in [4.69, 9.17) is 9.15 Å². The van der Waals surface area contributed by atoms with Crippen molar-refractivity contribution in [2.45, 2.75) is 18.9 Å². The summed E-state index contributed by atoms with van der Waals surface area (Å²) >= 11 is 0. The van der Waals surface area contributed by atoms with Gasteiger partial charge in [-0.05, 0) is 38.1 Å². The van der Waals surface area contributed by atoms with Crippen molar-refractivity contribution in [3.05, 3.63) is 18.2 Å². The molecule has 96 valence electrons. The lowest BCUT2D eigenvalue weighted by Gasteiger charge is -2.22. The van der Waals surface area contributed by atoms with Crippen LogP contribution in [0.25, 0.3) is 11.1 Å². The first kappa shape index (κ1) is 11.3. The summed E-state index contributed by atoms with van der Waals surface area (Å²) in [6, 6.07) is 6.69. The summed E-state index contributed by atoms with van der Waals surface area (Å²) in [4.78, 5) is 4.44. The van der Waals surface area contributed by atoms with Crippen LogP contribution in [0, 0.1) is 0 Å². The Kier molecular flexibility index (Phi) is 3.06. The summed E-state index contributed by atoms with van der Waals surface area (Å²) in [5.41, 5.74) is 1.61. The van der Waals surface area contributed by atoms with Gasteiger partial charge in [-0.2, -0.15) is 4.98 Å². The fraction of sp³-hybridized carbons (Fsp3) is 0.462. The van der Waals surface area contributed by atoms with Gasteiger partial charge in [0.05, 0.1) is 7.11 Å². The van der Waals surface area contributed by atoms with Crippen LogP contribution in [-0.4, -0.2) is 31.2 Å². The van der Waals surface area contributed by atoms with E-state index in [1.807, 2.05) is 18.2 Å². The van der Waals surface area contributed by atoms with Gasteiger partial charge in [-0.3, -0.25) is 0 Å². The molecule has 0 saturated carbocycles. The molecule has 1 fully saturated rings. The van der Waals surface area contributed by atoms with E-state index < -0.39 is 0 Å². The second-order valence-corrected chi connectivity index (χ2v) is 4.52. The van der Waals surface area contributed by atoms with E-state index in [2.05, 4.69) is 15.6 Å². The van der Waals surface area contributed by atoms with Gasteiger partial charge in [0.2, 0.25) is 0 Å². The number of aromatic nitrogens is 1. The smallest absolute Gasteiger partial charge is 0.295 e. The zero-order valence-corrected chi connectivity index (χ0v) is 10.4. The molecule has 1 aliphatic heterocycles. The maximum absolute atomic E-state index is 5.67. The Hall–Kier alpha value is -1.75. The average molecular weight is 247 g/mol. The molecule has 1 aromatic carbocycles. The van der Waals surface area contributed by atoms with Gasteiger partial charge >= 0.3 is 0 Å². The minimum Gasteiger partial charge on any atom is -0.497 e. The molecule has 0 amide bonds. The highest BCUT2D eigenvalue weighted by atomic mass is 16.5. The Bertz CT molecular complexity index is 532. The van der Waals surface area contributed by atoms with Crippen LogP contribution >= 0.6 is 0 Å². The second-order valence-electron chi connectivity index (χ2n) is 4.52. The molecular formula is C13H17N3O2. The molecule has 1 saturated heterocycles. The van der Waals surface area contributed by atoms with E-state index in [1.54, 1.807) is 7.11 Å². The van der Waals surface area contributed by atoms with Gasteiger partial charge in [0.15, 0.2) is 5.58 Å². The number of piperidine rings is 1. The third-order valence-corrected chi connectivity index (χ3v) is 3.26. The monoisotopic (exact) mass is 247 g/mol. The highest BCUT2D eigenvalue weighted by molar-refractivity contribution is 5.76. The zero-order chi connectivity index (χ0) is 12.4. The van der Waals surface area contributed by atoms with Gasteiger partial charge in [0.1, 0.15) is 11.3 Å². The summed E-state index contributed by atoms with van der Waals surface area (Å²) in [5.74, 6) is 0.796. The average Bonchev–Trinajstić information content (AvgIpc) is 2.80. The number of benzene rings is 1. The lowest BCUT2D eigenvalue weighted by Crippen LogP contribution is -2.35. The molecule has 5 heteroatoms. The Balaban J connectivity index is 1.79. The number of nitrogens with zero attached hydrogens (tertiary/aromatic N) is 1. The van der Waals surface area contributed by atoms with Crippen LogP contribution in [0.2, 0.25) is 0 Å². The van der Waals surface area contributed by atoms with Gasteiger partial charge in [-0.1, -0.05) is 0 Å². The molecule has 5 nitrogen and oxygen atoms in total. The van der Waals surface area contributed by atoms with Gasteiger partial charge in [0.25, 0.3) is 6.01 Å². The highest BCUT2D eigenvalue weighted by Crippen LogP contribution is 2.24. The van der Waals surface area contributed by atoms with Crippen molar-refractivity contribution < 1.29 is 9.15 Å². The van der Waals surface area contributed by atoms with Crippen LogP contribution in [-0.2, 0) is 0 Å². The predicted octanol–water partition coefficient (Wildman–Crippen LogP) is 2.00. The normalized spacial score (nSPS) is 16.9. The summed E-state index contributed by atoms with van der Waals surface area (Å²) in [6.07, 6.45) is 2.20. The Morgan fingerprint density at radius 1 is 1.39 bits per heavy atom. The standard InChI is InChI=1S/C13H17N3O2/c1-17-10-2-3-12-11(8-10)16-13(18-12)15-9-4-6-14-7-5-9/h2-3,8-9,14H,4-7H2,1H3,(H,15,16). The molecule has 2 heterocycles. The maximum Gasteiger partial charge on any atom is 0.295 e. The Morgan fingerprint density at radius 2 is 2.22 bits per heavy atom. The van der Waals surface area contributed by atoms with Crippen molar-refractivity contribution in [1.29, 1.82) is 0 Å². The van der Waals surface area contributed by atoms with Crippen molar-refractivity contribution >= 4 is 17.1 Å². The van der Waals surface area contributed by atoms with Crippen LogP contribution in [0.1, 0.15) is 12.8 Å². The van der Waals surface area contributed by atoms with E-state index in [9.17, 15) is 0 Å². The number of oxazole rings is 1. The van der Waals surface area contributed by atoms with Gasteiger partial charge in [-0.25, -0.2) is 0 Å². The zero-order valence-electron chi connectivity index (χ0n) is 10.4. The van der Waals surface area contributed by atoms with Crippen LogP contribution in [0.15, 0.2) is 22.6 Å². The van der Waals surface area contributed by atoms with Crippen LogP contribution < -0.4 is 15.4 Å². The highest BCUT2D eigenvalue weighted by Gasteiger charge is 2.15. The molecule has 0 unspecified atom stereocenters. The van der Waals surface area contributed by atoms with E-state index in [0.717, 1.165) is 42.8 Å². The van der Waals surface area contributed by atoms with E-state index in [0.29, 0.717) is 12.1 Å².